The molecule has 186 valence electrons. The minimum Gasteiger partial charge on any atom is -0.467 e. The maximum atomic E-state index is 13.7. The van der Waals surface area contributed by atoms with Crippen molar-refractivity contribution in [3.8, 4) is 11.6 Å². The summed E-state index contributed by atoms with van der Waals surface area (Å²) in [6.07, 6.45) is 8.77. The molecule has 1 aliphatic carbocycles. The highest BCUT2D eigenvalue weighted by molar-refractivity contribution is 5.88. The van der Waals surface area contributed by atoms with Crippen LogP contribution in [-0.2, 0) is 22.7 Å². The van der Waals surface area contributed by atoms with Gasteiger partial charge in [-0.2, -0.15) is 4.80 Å². The molecule has 2 amide bonds. The molecule has 4 heterocycles. The lowest BCUT2D eigenvalue weighted by atomic mass is 10.0. The molecule has 36 heavy (non-hydrogen) atoms. The first-order valence-corrected chi connectivity index (χ1v) is 11.9. The molecule has 0 spiro atoms. The molecule has 0 aliphatic heterocycles. The minimum absolute atomic E-state index is 0.0931. The zero-order valence-electron chi connectivity index (χ0n) is 19.9. The molecule has 0 unspecified atom stereocenters. The van der Waals surface area contributed by atoms with Crippen LogP contribution < -0.4 is 5.32 Å². The third kappa shape index (κ3) is 5.35. The number of nitrogens with zero attached hydrogens (tertiary/aromatic N) is 6. The van der Waals surface area contributed by atoms with Gasteiger partial charge in [0.2, 0.25) is 17.6 Å². The van der Waals surface area contributed by atoms with Crippen LogP contribution in [0.4, 0.5) is 0 Å². The summed E-state index contributed by atoms with van der Waals surface area (Å²) in [5.74, 6) is 1.40. The standard InChI is InChI=1S/C25H27N7O4/c1-17-8-9-21(36-17)24-28-30-32(29-24)16-22(33)31(15-20-7-4-14-35-20)23(18-10-12-26-13-11-18)25(34)27-19-5-2-3-6-19/h4,7-14,19,23H,2-3,5-6,15-16H2,1H3,(H,27,34)/t23-/m1/s1. The summed E-state index contributed by atoms with van der Waals surface area (Å²) in [6, 6.07) is 9.75. The van der Waals surface area contributed by atoms with Crippen LogP contribution in [0, 0.1) is 6.92 Å². The summed E-state index contributed by atoms with van der Waals surface area (Å²) in [6.45, 7) is 1.70. The Balaban J connectivity index is 1.43. The predicted octanol–water partition coefficient (Wildman–Crippen LogP) is 3.06. The second-order valence-corrected chi connectivity index (χ2v) is 8.83. The van der Waals surface area contributed by atoms with E-state index in [4.69, 9.17) is 8.83 Å². The van der Waals surface area contributed by atoms with Crippen LogP contribution in [0.3, 0.4) is 0 Å². The van der Waals surface area contributed by atoms with Crippen LogP contribution in [0.25, 0.3) is 11.6 Å². The zero-order valence-corrected chi connectivity index (χ0v) is 19.9. The summed E-state index contributed by atoms with van der Waals surface area (Å²) in [5.41, 5.74) is 0.652. The Bertz CT molecular complexity index is 1290. The second kappa shape index (κ2) is 10.5. The molecule has 0 saturated heterocycles. The average molecular weight is 490 g/mol. The molecule has 0 bridgehead atoms. The van der Waals surface area contributed by atoms with Gasteiger partial charge in [-0.3, -0.25) is 14.6 Å². The molecular formula is C25H27N7O4. The van der Waals surface area contributed by atoms with Crippen molar-refractivity contribution in [1.29, 1.82) is 0 Å². The molecule has 1 N–H and O–H groups in total. The Kier molecular flexibility index (Phi) is 6.87. The number of hydrogen-bond donors (Lipinski definition) is 1. The molecule has 0 aromatic carbocycles. The van der Waals surface area contributed by atoms with Crippen molar-refractivity contribution in [1.82, 2.24) is 35.4 Å². The monoisotopic (exact) mass is 489 g/mol. The van der Waals surface area contributed by atoms with E-state index in [1.165, 1.54) is 16.0 Å². The van der Waals surface area contributed by atoms with Gasteiger partial charge in [-0.05, 0) is 66.9 Å². The fourth-order valence-corrected chi connectivity index (χ4v) is 4.44. The van der Waals surface area contributed by atoms with Crippen molar-refractivity contribution < 1.29 is 18.4 Å². The number of tetrazole rings is 1. The molecule has 1 saturated carbocycles. The number of carbonyl (C=O) groups is 2. The molecular weight excluding hydrogens is 462 g/mol. The topological polar surface area (TPSA) is 132 Å². The Morgan fingerprint density at radius 1 is 1.17 bits per heavy atom. The van der Waals surface area contributed by atoms with Crippen molar-refractivity contribution in [3.05, 3.63) is 72.1 Å². The van der Waals surface area contributed by atoms with Gasteiger partial charge in [-0.25, -0.2) is 0 Å². The van der Waals surface area contributed by atoms with Gasteiger partial charge in [0.25, 0.3) is 0 Å². The van der Waals surface area contributed by atoms with Crippen molar-refractivity contribution in [2.45, 2.75) is 57.8 Å². The van der Waals surface area contributed by atoms with E-state index < -0.39 is 6.04 Å². The number of hydrogen-bond acceptors (Lipinski definition) is 8. The molecule has 4 aromatic rings. The van der Waals surface area contributed by atoms with Gasteiger partial charge in [-0.1, -0.05) is 12.8 Å². The fourth-order valence-electron chi connectivity index (χ4n) is 4.44. The third-order valence-corrected chi connectivity index (χ3v) is 6.20. The van der Waals surface area contributed by atoms with Crippen molar-refractivity contribution in [2.24, 2.45) is 0 Å². The maximum absolute atomic E-state index is 13.7. The molecule has 1 aliphatic rings. The van der Waals surface area contributed by atoms with E-state index in [-0.39, 0.29) is 36.8 Å². The van der Waals surface area contributed by atoms with E-state index >= 15 is 0 Å². The summed E-state index contributed by atoms with van der Waals surface area (Å²) < 4.78 is 11.1. The van der Waals surface area contributed by atoms with Crippen LogP contribution in [0.2, 0.25) is 0 Å². The number of carbonyl (C=O) groups excluding carboxylic acids is 2. The van der Waals surface area contributed by atoms with Gasteiger partial charge < -0.3 is 19.1 Å². The van der Waals surface area contributed by atoms with E-state index in [9.17, 15) is 9.59 Å². The lowest BCUT2D eigenvalue weighted by Gasteiger charge is -2.31. The molecule has 11 nitrogen and oxygen atoms in total. The van der Waals surface area contributed by atoms with Crippen LogP contribution in [0.1, 0.15) is 48.8 Å². The molecule has 1 atom stereocenters. The second-order valence-electron chi connectivity index (χ2n) is 8.83. The quantitative estimate of drug-likeness (QED) is 0.379. The van der Waals surface area contributed by atoms with E-state index in [0.717, 1.165) is 31.4 Å². The highest BCUT2D eigenvalue weighted by Crippen LogP contribution is 2.26. The van der Waals surface area contributed by atoms with Crippen LogP contribution in [-0.4, -0.2) is 47.9 Å². The molecule has 1 fully saturated rings. The smallest absolute Gasteiger partial charge is 0.247 e. The number of aromatic nitrogens is 5. The Morgan fingerprint density at radius 2 is 1.97 bits per heavy atom. The maximum Gasteiger partial charge on any atom is 0.247 e. The van der Waals surface area contributed by atoms with Crippen LogP contribution in [0.5, 0.6) is 0 Å². The first kappa shape index (κ1) is 23.5. The van der Waals surface area contributed by atoms with Gasteiger partial charge in [0.15, 0.2) is 5.76 Å². The van der Waals surface area contributed by atoms with Gasteiger partial charge in [0.05, 0.1) is 12.8 Å². The largest absolute Gasteiger partial charge is 0.467 e. The Hall–Kier alpha value is -4.28. The molecule has 11 heteroatoms. The van der Waals surface area contributed by atoms with Gasteiger partial charge in [0, 0.05) is 18.4 Å². The SMILES string of the molecule is Cc1ccc(-c2nnn(CC(=O)N(Cc3ccco3)[C@@H](C(=O)NC3CCCC3)c3ccncc3)n2)o1. The Labute approximate surface area is 207 Å². The van der Waals surface area contributed by atoms with Crippen LogP contribution in [0.15, 0.2) is 63.9 Å². The normalized spacial score (nSPS) is 14.6. The van der Waals surface area contributed by atoms with Crippen molar-refractivity contribution >= 4 is 11.8 Å². The molecule has 0 radical (unpaired) electrons. The minimum atomic E-state index is -0.887. The van der Waals surface area contributed by atoms with E-state index in [1.807, 2.05) is 6.92 Å². The number of aryl methyl sites for hydroxylation is 1. The van der Waals surface area contributed by atoms with E-state index in [2.05, 4.69) is 25.7 Å². The number of pyridine rings is 1. The summed E-state index contributed by atoms with van der Waals surface area (Å²) in [4.78, 5) is 34.0. The zero-order chi connectivity index (χ0) is 24.9. The highest BCUT2D eigenvalue weighted by atomic mass is 16.3. The van der Waals surface area contributed by atoms with Gasteiger partial charge in [0.1, 0.15) is 24.1 Å². The number of amides is 2. The third-order valence-electron chi connectivity index (χ3n) is 6.20. The van der Waals surface area contributed by atoms with Crippen LogP contribution >= 0.6 is 0 Å². The molecule has 4 aromatic heterocycles. The average Bonchev–Trinajstić information content (AvgIpc) is 3.68. The summed E-state index contributed by atoms with van der Waals surface area (Å²) in [7, 11) is 0. The lowest BCUT2D eigenvalue weighted by molar-refractivity contribution is -0.143. The van der Waals surface area contributed by atoms with Gasteiger partial charge in [-0.15, -0.1) is 10.2 Å². The predicted molar refractivity (Wildman–Crippen MR) is 127 cm³/mol. The lowest BCUT2D eigenvalue weighted by Crippen LogP contribution is -2.46. The first-order chi connectivity index (χ1) is 17.6. The van der Waals surface area contributed by atoms with Crippen molar-refractivity contribution in [3.63, 3.8) is 0 Å². The number of nitrogens with one attached hydrogen (secondary N) is 1. The Morgan fingerprint density at radius 3 is 2.67 bits per heavy atom. The molecule has 5 rings (SSSR count). The first-order valence-electron chi connectivity index (χ1n) is 11.9. The van der Waals surface area contributed by atoms with Crippen molar-refractivity contribution in [2.75, 3.05) is 0 Å². The summed E-state index contributed by atoms with van der Waals surface area (Å²) in [5, 5.41) is 15.5. The van der Waals surface area contributed by atoms with Gasteiger partial charge >= 0.3 is 0 Å². The number of rotatable bonds is 9. The van der Waals surface area contributed by atoms with E-state index in [1.54, 1.807) is 48.8 Å². The fraction of sp³-hybridized carbons (Fsp3) is 0.360. The highest BCUT2D eigenvalue weighted by Gasteiger charge is 2.34. The number of furan rings is 2. The summed E-state index contributed by atoms with van der Waals surface area (Å²) >= 11 is 0. The van der Waals surface area contributed by atoms with E-state index in [0.29, 0.717) is 17.1 Å².